The Morgan fingerprint density at radius 2 is 2.27 bits per heavy atom. The topological polar surface area (TPSA) is 54.4 Å². The van der Waals surface area contributed by atoms with Crippen molar-refractivity contribution in [1.29, 1.82) is 0 Å². The van der Waals surface area contributed by atoms with Gasteiger partial charge in [-0.3, -0.25) is 9.59 Å². The molecule has 2 rings (SSSR count). The molecule has 0 heterocycles. The van der Waals surface area contributed by atoms with Crippen molar-refractivity contribution in [3.8, 4) is 0 Å². The zero-order chi connectivity index (χ0) is 11.0. The van der Waals surface area contributed by atoms with Crippen LogP contribution in [0.15, 0.2) is 18.2 Å². The second kappa shape index (κ2) is 3.50. The lowest BCUT2D eigenvalue weighted by Gasteiger charge is -2.01. The fourth-order valence-electron chi connectivity index (χ4n) is 2.09. The van der Waals surface area contributed by atoms with Gasteiger partial charge in [0.15, 0.2) is 5.78 Å². The van der Waals surface area contributed by atoms with Crippen LogP contribution >= 0.6 is 0 Å². The molecule has 0 spiro atoms. The highest BCUT2D eigenvalue weighted by Crippen LogP contribution is 2.29. The van der Waals surface area contributed by atoms with E-state index in [0.717, 1.165) is 11.1 Å². The van der Waals surface area contributed by atoms with Crippen LogP contribution in [0.3, 0.4) is 0 Å². The van der Waals surface area contributed by atoms with Crippen LogP contribution in [-0.2, 0) is 11.2 Å². The molecule has 1 unspecified atom stereocenters. The molecule has 0 bridgehead atoms. The van der Waals surface area contributed by atoms with E-state index in [0.29, 0.717) is 12.0 Å². The van der Waals surface area contributed by atoms with Gasteiger partial charge in [-0.15, -0.1) is 0 Å². The summed E-state index contributed by atoms with van der Waals surface area (Å²) in [4.78, 5) is 22.3. The van der Waals surface area contributed by atoms with E-state index in [4.69, 9.17) is 5.11 Å². The highest BCUT2D eigenvalue weighted by atomic mass is 16.4. The maximum atomic E-state index is 11.8. The summed E-state index contributed by atoms with van der Waals surface area (Å²) >= 11 is 0. The van der Waals surface area contributed by atoms with Gasteiger partial charge in [0.25, 0.3) is 0 Å². The molecule has 0 aliphatic heterocycles. The molecule has 0 aromatic heterocycles. The Morgan fingerprint density at radius 3 is 2.93 bits per heavy atom. The van der Waals surface area contributed by atoms with E-state index < -0.39 is 5.97 Å². The Balaban J connectivity index is 2.29. The SMILES string of the molecule is Cc1ccc2c(c1)CC(CC(=O)O)C2=O. The number of Topliss-reactive ketones (excluding diaryl/α,β-unsaturated/α-hetero) is 1. The molecular weight excluding hydrogens is 192 g/mol. The minimum absolute atomic E-state index is 0.0209. The van der Waals surface area contributed by atoms with Crippen molar-refractivity contribution in [3.63, 3.8) is 0 Å². The smallest absolute Gasteiger partial charge is 0.304 e. The van der Waals surface area contributed by atoms with Crippen LogP contribution in [0.1, 0.15) is 27.9 Å². The number of carbonyl (C=O) groups is 2. The van der Waals surface area contributed by atoms with Crippen LogP contribution in [0.2, 0.25) is 0 Å². The van der Waals surface area contributed by atoms with Crippen molar-refractivity contribution in [2.24, 2.45) is 5.92 Å². The van der Waals surface area contributed by atoms with E-state index >= 15 is 0 Å². The standard InChI is InChI=1S/C12H12O3/c1-7-2-3-10-8(4-7)5-9(12(10)15)6-11(13)14/h2-4,9H,5-6H2,1H3,(H,13,14). The Labute approximate surface area is 87.7 Å². The number of carboxylic acids is 1. The molecule has 1 aliphatic rings. The van der Waals surface area contributed by atoms with Gasteiger partial charge in [0.1, 0.15) is 0 Å². The first kappa shape index (κ1) is 9.90. The normalized spacial score (nSPS) is 19.0. The molecule has 1 aromatic rings. The molecule has 0 amide bonds. The summed E-state index contributed by atoms with van der Waals surface area (Å²) in [6, 6.07) is 5.66. The molecule has 0 saturated heterocycles. The highest BCUT2D eigenvalue weighted by Gasteiger charge is 2.31. The predicted molar refractivity (Wildman–Crippen MR) is 55.0 cm³/mol. The molecule has 1 N–H and O–H groups in total. The Hall–Kier alpha value is -1.64. The van der Waals surface area contributed by atoms with Crippen LogP contribution in [0.25, 0.3) is 0 Å². The van der Waals surface area contributed by atoms with Gasteiger partial charge in [-0.1, -0.05) is 23.8 Å². The predicted octanol–water partition coefficient (Wildman–Crippen LogP) is 1.82. The second-order valence-corrected chi connectivity index (χ2v) is 4.02. The number of hydrogen-bond donors (Lipinski definition) is 1. The summed E-state index contributed by atoms with van der Waals surface area (Å²) in [6.45, 7) is 1.97. The van der Waals surface area contributed by atoms with Gasteiger partial charge < -0.3 is 5.11 Å². The van der Waals surface area contributed by atoms with Gasteiger partial charge in [0.05, 0.1) is 6.42 Å². The number of aryl methyl sites for hydroxylation is 1. The van der Waals surface area contributed by atoms with Crippen LogP contribution < -0.4 is 0 Å². The molecule has 78 valence electrons. The molecule has 1 aromatic carbocycles. The number of carboxylic acid groups (broad SMARTS) is 1. The quantitative estimate of drug-likeness (QED) is 0.799. The third-order valence-corrected chi connectivity index (χ3v) is 2.78. The van der Waals surface area contributed by atoms with Crippen molar-refractivity contribution < 1.29 is 14.7 Å². The zero-order valence-electron chi connectivity index (χ0n) is 8.49. The molecule has 0 fully saturated rings. The fourth-order valence-corrected chi connectivity index (χ4v) is 2.09. The summed E-state index contributed by atoms with van der Waals surface area (Å²) in [5.74, 6) is -1.29. The van der Waals surface area contributed by atoms with Gasteiger partial charge >= 0.3 is 5.97 Å². The molecular formula is C12H12O3. The number of carbonyl (C=O) groups excluding carboxylic acids is 1. The molecule has 3 heteroatoms. The van der Waals surface area contributed by atoms with Crippen LogP contribution in [-0.4, -0.2) is 16.9 Å². The first-order chi connectivity index (χ1) is 7.08. The monoisotopic (exact) mass is 204 g/mol. The van der Waals surface area contributed by atoms with Crippen molar-refractivity contribution in [2.45, 2.75) is 19.8 Å². The lowest BCUT2D eigenvalue weighted by atomic mass is 10.0. The number of hydrogen-bond acceptors (Lipinski definition) is 2. The van der Waals surface area contributed by atoms with Gasteiger partial charge in [0.2, 0.25) is 0 Å². The highest BCUT2D eigenvalue weighted by molar-refractivity contribution is 6.03. The zero-order valence-corrected chi connectivity index (χ0v) is 8.49. The summed E-state index contributed by atoms with van der Waals surface area (Å²) in [5, 5.41) is 8.67. The van der Waals surface area contributed by atoms with Crippen LogP contribution in [0, 0.1) is 12.8 Å². The van der Waals surface area contributed by atoms with Crippen molar-refractivity contribution in [3.05, 3.63) is 34.9 Å². The van der Waals surface area contributed by atoms with Crippen molar-refractivity contribution >= 4 is 11.8 Å². The number of fused-ring (bicyclic) bond motifs is 1. The maximum absolute atomic E-state index is 11.8. The average Bonchev–Trinajstić information content (AvgIpc) is 2.42. The minimum atomic E-state index is -0.905. The lowest BCUT2D eigenvalue weighted by Crippen LogP contribution is -2.13. The summed E-state index contributed by atoms with van der Waals surface area (Å²) < 4.78 is 0. The van der Waals surface area contributed by atoms with E-state index in [1.807, 2.05) is 19.1 Å². The van der Waals surface area contributed by atoms with Gasteiger partial charge in [-0.05, 0) is 18.9 Å². The number of benzene rings is 1. The number of rotatable bonds is 2. The number of ketones is 1. The van der Waals surface area contributed by atoms with Gasteiger partial charge in [0, 0.05) is 11.5 Å². The molecule has 0 radical (unpaired) electrons. The van der Waals surface area contributed by atoms with E-state index in [2.05, 4.69) is 0 Å². The molecule has 0 saturated carbocycles. The third kappa shape index (κ3) is 1.77. The molecule has 15 heavy (non-hydrogen) atoms. The third-order valence-electron chi connectivity index (χ3n) is 2.78. The van der Waals surface area contributed by atoms with E-state index in [9.17, 15) is 9.59 Å². The first-order valence-corrected chi connectivity index (χ1v) is 4.93. The maximum Gasteiger partial charge on any atom is 0.304 e. The fraction of sp³-hybridized carbons (Fsp3) is 0.333. The number of aliphatic carboxylic acids is 1. The molecule has 3 nitrogen and oxygen atoms in total. The largest absolute Gasteiger partial charge is 0.481 e. The second-order valence-electron chi connectivity index (χ2n) is 4.02. The minimum Gasteiger partial charge on any atom is -0.481 e. The molecule has 1 aliphatic carbocycles. The van der Waals surface area contributed by atoms with Gasteiger partial charge in [-0.25, -0.2) is 0 Å². The first-order valence-electron chi connectivity index (χ1n) is 4.93. The lowest BCUT2D eigenvalue weighted by molar-refractivity contribution is -0.137. The van der Waals surface area contributed by atoms with Crippen molar-refractivity contribution in [2.75, 3.05) is 0 Å². The van der Waals surface area contributed by atoms with Crippen LogP contribution in [0.4, 0.5) is 0 Å². The van der Waals surface area contributed by atoms with Gasteiger partial charge in [-0.2, -0.15) is 0 Å². The average molecular weight is 204 g/mol. The van der Waals surface area contributed by atoms with Crippen LogP contribution in [0.5, 0.6) is 0 Å². The molecule has 1 atom stereocenters. The summed E-state index contributed by atoms with van der Waals surface area (Å²) in [6.07, 6.45) is 0.509. The Bertz CT molecular complexity index is 434. The van der Waals surface area contributed by atoms with E-state index in [1.165, 1.54) is 0 Å². The van der Waals surface area contributed by atoms with E-state index in [1.54, 1.807) is 6.07 Å². The Morgan fingerprint density at radius 1 is 1.53 bits per heavy atom. The van der Waals surface area contributed by atoms with E-state index in [-0.39, 0.29) is 18.1 Å². The Kier molecular flexibility index (Phi) is 2.31. The summed E-state index contributed by atoms with van der Waals surface area (Å²) in [7, 11) is 0. The summed E-state index contributed by atoms with van der Waals surface area (Å²) in [5.41, 5.74) is 2.80. The van der Waals surface area contributed by atoms with Crippen molar-refractivity contribution in [1.82, 2.24) is 0 Å².